The maximum Gasteiger partial charge on any atom is 0.168 e. The average Bonchev–Trinajstić information content (AvgIpc) is 2.73. The van der Waals surface area contributed by atoms with Crippen LogP contribution in [-0.2, 0) is 11.2 Å². The molecule has 1 N–H and O–H groups in total. The largest absolute Gasteiger partial charge is 0.511 e. The van der Waals surface area contributed by atoms with E-state index >= 15 is 0 Å². The molecule has 152 valence electrons. The zero-order valence-corrected chi connectivity index (χ0v) is 17.1. The molecule has 0 aliphatic heterocycles. The van der Waals surface area contributed by atoms with Crippen molar-refractivity contribution in [1.82, 2.24) is 0 Å². The number of ketones is 1. The highest BCUT2D eigenvalue weighted by molar-refractivity contribution is 6.22. The van der Waals surface area contributed by atoms with Crippen LogP contribution in [-0.4, -0.2) is 37.4 Å². The molecular weight excluding hydrogens is 366 g/mol. The summed E-state index contributed by atoms with van der Waals surface area (Å²) in [7, 11) is 3.21. The molecule has 0 amide bonds. The van der Waals surface area contributed by atoms with E-state index in [2.05, 4.69) is 4.99 Å². The van der Waals surface area contributed by atoms with Crippen LogP contribution in [0.3, 0.4) is 0 Å². The number of nitrogens with zero attached hydrogens (tertiary/aromatic N) is 1. The Kier molecular flexibility index (Phi) is 6.70. The van der Waals surface area contributed by atoms with Gasteiger partial charge >= 0.3 is 0 Å². The van der Waals surface area contributed by atoms with Crippen LogP contribution in [0.25, 0.3) is 0 Å². The number of ether oxygens (including phenoxy) is 2. The Morgan fingerprint density at radius 3 is 2.45 bits per heavy atom. The number of Topliss-reactive ketones (excluding diaryl/α,β-unsaturated/α-hetero) is 1. The summed E-state index contributed by atoms with van der Waals surface area (Å²) in [6.45, 7) is 2.31. The van der Waals surface area contributed by atoms with Crippen LogP contribution in [0, 0.1) is 0 Å². The van der Waals surface area contributed by atoms with Gasteiger partial charge in [-0.25, -0.2) is 0 Å². The summed E-state index contributed by atoms with van der Waals surface area (Å²) in [6, 6.07) is 15.6. The van der Waals surface area contributed by atoms with Crippen LogP contribution in [0.1, 0.15) is 36.8 Å². The van der Waals surface area contributed by atoms with Crippen molar-refractivity contribution in [2.75, 3.05) is 20.8 Å². The van der Waals surface area contributed by atoms with E-state index in [-0.39, 0.29) is 17.5 Å². The molecule has 5 nitrogen and oxygen atoms in total. The van der Waals surface area contributed by atoms with E-state index in [4.69, 9.17) is 9.47 Å². The molecule has 0 spiro atoms. The third-order valence-electron chi connectivity index (χ3n) is 5.27. The van der Waals surface area contributed by atoms with Gasteiger partial charge < -0.3 is 14.6 Å². The van der Waals surface area contributed by atoms with E-state index in [9.17, 15) is 9.90 Å². The van der Waals surface area contributed by atoms with Crippen molar-refractivity contribution < 1.29 is 19.4 Å². The molecule has 2 aromatic rings. The number of allylic oxidation sites excluding steroid dienone is 2. The number of aliphatic imine (C=N–C) groups is 1. The van der Waals surface area contributed by atoms with Crippen LogP contribution < -0.4 is 9.47 Å². The number of aliphatic hydroxyl groups excluding tert-OH is 1. The Bertz CT molecular complexity index is 931. The molecule has 1 atom stereocenters. The third-order valence-corrected chi connectivity index (χ3v) is 5.27. The van der Waals surface area contributed by atoms with E-state index < -0.39 is 0 Å². The third kappa shape index (κ3) is 4.86. The van der Waals surface area contributed by atoms with Crippen molar-refractivity contribution in [2.45, 2.75) is 32.1 Å². The Hall–Kier alpha value is -3.08. The Morgan fingerprint density at radius 1 is 1.07 bits per heavy atom. The number of carbonyl (C=O) groups excluding carboxylic acids is 1. The van der Waals surface area contributed by atoms with Crippen molar-refractivity contribution in [2.24, 2.45) is 4.99 Å². The maximum absolute atomic E-state index is 12.7. The van der Waals surface area contributed by atoms with Gasteiger partial charge in [0.1, 0.15) is 5.76 Å². The SMILES string of the molecule is COc1ccc(CCN=C(C)C2=C(O)CC(c3ccccc3)CC2=O)cc1OC. The van der Waals surface area contributed by atoms with Crippen molar-refractivity contribution in [1.29, 1.82) is 0 Å². The van der Waals surface area contributed by atoms with Gasteiger partial charge in [-0.3, -0.25) is 9.79 Å². The van der Waals surface area contributed by atoms with E-state index in [1.807, 2.05) is 48.5 Å². The number of rotatable bonds is 7. The second kappa shape index (κ2) is 9.41. The van der Waals surface area contributed by atoms with Crippen molar-refractivity contribution in [3.05, 3.63) is 71.0 Å². The number of hydrogen-bond acceptors (Lipinski definition) is 5. The van der Waals surface area contributed by atoms with E-state index in [0.29, 0.717) is 48.6 Å². The molecule has 0 saturated heterocycles. The Morgan fingerprint density at radius 2 is 1.79 bits per heavy atom. The summed E-state index contributed by atoms with van der Waals surface area (Å²) in [5.41, 5.74) is 3.12. The number of methoxy groups -OCH3 is 2. The molecule has 0 radical (unpaired) electrons. The Balaban J connectivity index is 1.68. The monoisotopic (exact) mass is 393 g/mol. The van der Waals surface area contributed by atoms with Crippen molar-refractivity contribution in [3.8, 4) is 11.5 Å². The fourth-order valence-corrected chi connectivity index (χ4v) is 3.73. The highest BCUT2D eigenvalue weighted by Gasteiger charge is 2.29. The van der Waals surface area contributed by atoms with Gasteiger partial charge in [0.15, 0.2) is 17.3 Å². The van der Waals surface area contributed by atoms with Gasteiger partial charge in [-0.05, 0) is 42.5 Å². The zero-order valence-electron chi connectivity index (χ0n) is 17.1. The highest BCUT2D eigenvalue weighted by atomic mass is 16.5. The molecule has 0 aromatic heterocycles. The molecule has 1 unspecified atom stereocenters. The van der Waals surface area contributed by atoms with Crippen LogP contribution in [0.5, 0.6) is 11.5 Å². The molecule has 0 bridgehead atoms. The molecular formula is C24H27NO4. The second-order valence-electron chi connectivity index (χ2n) is 7.17. The number of aliphatic hydroxyl groups is 1. The van der Waals surface area contributed by atoms with Gasteiger partial charge in [-0.15, -0.1) is 0 Å². The first kappa shape index (κ1) is 20.6. The van der Waals surface area contributed by atoms with E-state index in [1.165, 1.54) is 0 Å². The van der Waals surface area contributed by atoms with Gasteiger partial charge in [0, 0.05) is 25.1 Å². The van der Waals surface area contributed by atoms with Crippen LogP contribution in [0.2, 0.25) is 0 Å². The minimum absolute atomic E-state index is 0.0204. The molecule has 2 aromatic carbocycles. The second-order valence-corrected chi connectivity index (χ2v) is 7.17. The lowest BCUT2D eigenvalue weighted by Gasteiger charge is -2.23. The summed E-state index contributed by atoms with van der Waals surface area (Å²) in [5.74, 6) is 1.48. The summed E-state index contributed by atoms with van der Waals surface area (Å²) in [5, 5.41) is 10.5. The maximum atomic E-state index is 12.7. The van der Waals surface area contributed by atoms with Gasteiger partial charge in [0.05, 0.1) is 19.8 Å². The standard InChI is InChI=1S/C24H27NO4/c1-16(25-12-11-17-9-10-22(28-2)23(13-17)29-3)24-20(26)14-19(15-21(24)27)18-7-5-4-6-8-18/h4-10,13,19,26H,11-12,14-15H2,1-3H3. The van der Waals surface area contributed by atoms with Crippen molar-refractivity contribution >= 4 is 11.5 Å². The highest BCUT2D eigenvalue weighted by Crippen LogP contribution is 2.34. The first-order chi connectivity index (χ1) is 14.0. The topological polar surface area (TPSA) is 68.1 Å². The molecule has 5 heteroatoms. The number of carbonyl (C=O) groups is 1. The molecule has 1 aliphatic carbocycles. The lowest BCUT2D eigenvalue weighted by molar-refractivity contribution is -0.116. The lowest BCUT2D eigenvalue weighted by atomic mass is 9.81. The van der Waals surface area contributed by atoms with Gasteiger partial charge in [-0.2, -0.15) is 0 Å². The predicted octanol–water partition coefficient (Wildman–Crippen LogP) is 4.67. The smallest absolute Gasteiger partial charge is 0.168 e. The van der Waals surface area contributed by atoms with Gasteiger partial charge in [-0.1, -0.05) is 36.4 Å². The van der Waals surface area contributed by atoms with Gasteiger partial charge in [0.2, 0.25) is 0 Å². The normalized spacial score (nSPS) is 17.4. The zero-order chi connectivity index (χ0) is 20.8. The fraction of sp³-hybridized carbons (Fsp3) is 0.333. The number of benzene rings is 2. The summed E-state index contributed by atoms with van der Waals surface area (Å²) in [4.78, 5) is 17.2. The Labute approximate surface area is 171 Å². The summed E-state index contributed by atoms with van der Waals surface area (Å²) >= 11 is 0. The van der Waals surface area contributed by atoms with Crippen LogP contribution in [0.4, 0.5) is 0 Å². The molecule has 1 aliphatic rings. The summed E-state index contributed by atoms with van der Waals surface area (Å²) < 4.78 is 10.6. The van der Waals surface area contributed by atoms with E-state index in [0.717, 1.165) is 11.1 Å². The molecule has 0 saturated carbocycles. The molecule has 0 fully saturated rings. The van der Waals surface area contributed by atoms with Crippen LogP contribution in [0.15, 0.2) is 64.9 Å². The fourth-order valence-electron chi connectivity index (χ4n) is 3.73. The summed E-state index contributed by atoms with van der Waals surface area (Å²) in [6.07, 6.45) is 1.56. The first-order valence-electron chi connectivity index (χ1n) is 9.76. The quantitative estimate of drug-likeness (QED) is 0.695. The van der Waals surface area contributed by atoms with E-state index in [1.54, 1.807) is 21.1 Å². The molecule has 0 heterocycles. The predicted molar refractivity (Wildman–Crippen MR) is 114 cm³/mol. The van der Waals surface area contributed by atoms with Crippen LogP contribution >= 0.6 is 0 Å². The minimum Gasteiger partial charge on any atom is -0.511 e. The molecule has 3 rings (SSSR count). The first-order valence-corrected chi connectivity index (χ1v) is 9.76. The van der Waals surface area contributed by atoms with Crippen molar-refractivity contribution in [3.63, 3.8) is 0 Å². The lowest BCUT2D eigenvalue weighted by Crippen LogP contribution is -2.22. The average molecular weight is 393 g/mol. The minimum atomic E-state index is -0.0463. The van der Waals surface area contributed by atoms with Gasteiger partial charge in [0.25, 0.3) is 0 Å². The number of hydrogen-bond donors (Lipinski definition) is 1. The molecule has 29 heavy (non-hydrogen) atoms.